The monoisotopic (exact) mass is 379 g/mol. The summed E-state index contributed by atoms with van der Waals surface area (Å²) >= 11 is 1.87. The Hall–Kier alpha value is -2.97. The Kier molecular flexibility index (Phi) is 4.03. The molecule has 0 fully saturated rings. The van der Waals surface area contributed by atoms with Gasteiger partial charge in [0.05, 0.1) is 5.69 Å². The number of benzene rings is 3. The lowest BCUT2D eigenvalue weighted by Crippen LogP contribution is -1.89. The molecule has 0 radical (unpaired) electrons. The van der Waals surface area contributed by atoms with Gasteiger partial charge in [-0.05, 0) is 73.4 Å². The molecule has 0 saturated carbocycles. The quantitative estimate of drug-likeness (QED) is 0.306. The first kappa shape index (κ1) is 17.2. The lowest BCUT2D eigenvalue weighted by molar-refractivity contribution is 1.29. The Morgan fingerprint density at radius 1 is 0.643 bits per heavy atom. The molecule has 0 spiro atoms. The van der Waals surface area contributed by atoms with Crippen LogP contribution in [-0.4, -0.2) is 4.98 Å². The highest BCUT2D eigenvalue weighted by Crippen LogP contribution is 2.37. The minimum Gasteiger partial charge on any atom is -0.256 e. The molecule has 2 heterocycles. The first-order valence-corrected chi connectivity index (χ1v) is 10.4. The van der Waals surface area contributed by atoms with Crippen LogP contribution in [-0.2, 0) is 0 Å². The molecule has 0 N–H and O–H groups in total. The van der Waals surface area contributed by atoms with Crippen molar-refractivity contribution in [2.45, 2.75) is 20.8 Å². The molecule has 0 atom stereocenters. The van der Waals surface area contributed by atoms with E-state index in [1.165, 1.54) is 53.6 Å². The number of nitrogens with zero attached hydrogens (tertiary/aromatic N) is 1. The van der Waals surface area contributed by atoms with Gasteiger partial charge in [0.2, 0.25) is 0 Å². The van der Waals surface area contributed by atoms with Crippen molar-refractivity contribution in [1.82, 2.24) is 4.98 Å². The van der Waals surface area contributed by atoms with Crippen LogP contribution < -0.4 is 0 Å². The highest BCUT2D eigenvalue weighted by Gasteiger charge is 2.10. The average molecular weight is 380 g/mol. The SMILES string of the molecule is Cc1cc2sc3ccc(-c4cc(C)c(-c5ccccc5)cn4)cc3c2cc1C. The van der Waals surface area contributed by atoms with Crippen LogP contribution in [0.4, 0.5) is 0 Å². The molecule has 5 aromatic rings. The van der Waals surface area contributed by atoms with Crippen LogP contribution in [0.25, 0.3) is 42.6 Å². The highest BCUT2D eigenvalue weighted by atomic mass is 32.1. The molecule has 5 rings (SSSR count). The largest absolute Gasteiger partial charge is 0.256 e. The zero-order valence-electron chi connectivity index (χ0n) is 16.3. The Balaban J connectivity index is 1.64. The number of fused-ring (bicyclic) bond motifs is 3. The lowest BCUT2D eigenvalue weighted by atomic mass is 9.99. The molecule has 2 aromatic heterocycles. The molecule has 0 saturated heterocycles. The Bertz CT molecular complexity index is 1330. The van der Waals surface area contributed by atoms with Crippen molar-refractivity contribution in [2.75, 3.05) is 0 Å². The highest BCUT2D eigenvalue weighted by molar-refractivity contribution is 7.25. The number of aryl methyl sites for hydroxylation is 3. The van der Waals surface area contributed by atoms with E-state index in [0.29, 0.717) is 0 Å². The van der Waals surface area contributed by atoms with Gasteiger partial charge in [0.1, 0.15) is 0 Å². The average Bonchev–Trinajstić information content (AvgIpc) is 3.05. The van der Waals surface area contributed by atoms with Crippen molar-refractivity contribution >= 4 is 31.5 Å². The number of aromatic nitrogens is 1. The Morgan fingerprint density at radius 3 is 2.18 bits per heavy atom. The third kappa shape index (κ3) is 2.81. The number of hydrogen-bond acceptors (Lipinski definition) is 2. The van der Waals surface area contributed by atoms with Crippen LogP contribution >= 0.6 is 11.3 Å². The van der Waals surface area contributed by atoms with Crippen molar-refractivity contribution in [3.05, 3.63) is 89.6 Å². The van der Waals surface area contributed by atoms with Gasteiger partial charge in [-0.1, -0.05) is 36.4 Å². The molecule has 136 valence electrons. The van der Waals surface area contributed by atoms with E-state index in [9.17, 15) is 0 Å². The molecule has 28 heavy (non-hydrogen) atoms. The summed E-state index contributed by atoms with van der Waals surface area (Å²) in [4.78, 5) is 4.79. The van der Waals surface area contributed by atoms with Crippen LogP contribution in [0.5, 0.6) is 0 Å². The second-order valence-corrected chi connectivity index (χ2v) is 8.58. The predicted molar refractivity (Wildman–Crippen MR) is 122 cm³/mol. The van der Waals surface area contributed by atoms with Crippen molar-refractivity contribution < 1.29 is 0 Å². The summed E-state index contributed by atoms with van der Waals surface area (Å²) in [6.07, 6.45) is 2.00. The first-order chi connectivity index (χ1) is 13.6. The second kappa shape index (κ2) is 6.57. The fourth-order valence-corrected chi connectivity index (χ4v) is 4.99. The third-order valence-corrected chi connectivity index (χ3v) is 6.71. The minimum atomic E-state index is 1.03. The van der Waals surface area contributed by atoms with Crippen LogP contribution in [0.2, 0.25) is 0 Å². The van der Waals surface area contributed by atoms with E-state index in [0.717, 1.165) is 5.69 Å². The summed E-state index contributed by atoms with van der Waals surface area (Å²) in [6, 6.07) is 24.0. The summed E-state index contributed by atoms with van der Waals surface area (Å²) in [5.74, 6) is 0. The molecule has 2 heteroatoms. The molecule has 3 aromatic carbocycles. The summed E-state index contributed by atoms with van der Waals surface area (Å²) in [5, 5.41) is 2.68. The van der Waals surface area contributed by atoms with Gasteiger partial charge in [0.15, 0.2) is 0 Å². The maximum Gasteiger partial charge on any atom is 0.0705 e. The van der Waals surface area contributed by atoms with Gasteiger partial charge in [-0.3, -0.25) is 4.98 Å². The van der Waals surface area contributed by atoms with E-state index in [1.807, 2.05) is 23.6 Å². The van der Waals surface area contributed by atoms with E-state index in [-0.39, 0.29) is 0 Å². The fourth-order valence-electron chi connectivity index (χ4n) is 3.83. The second-order valence-electron chi connectivity index (χ2n) is 7.50. The molecule has 0 bridgehead atoms. The number of hydrogen-bond donors (Lipinski definition) is 0. The topological polar surface area (TPSA) is 12.9 Å². The Morgan fingerprint density at radius 2 is 1.39 bits per heavy atom. The van der Waals surface area contributed by atoms with Crippen LogP contribution in [0.3, 0.4) is 0 Å². The maximum atomic E-state index is 4.79. The van der Waals surface area contributed by atoms with Gasteiger partial charge in [0.25, 0.3) is 0 Å². The van der Waals surface area contributed by atoms with E-state index in [4.69, 9.17) is 4.98 Å². The van der Waals surface area contributed by atoms with Crippen molar-refractivity contribution in [3.63, 3.8) is 0 Å². The van der Waals surface area contributed by atoms with Gasteiger partial charge in [-0.25, -0.2) is 0 Å². The van der Waals surface area contributed by atoms with Crippen molar-refractivity contribution in [1.29, 1.82) is 0 Å². The smallest absolute Gasteiger partial charge is 0.0705 e. The summed E-state index contributed by atoms with van der Waals surface area (Å²) in [7, 11) is 0. The standard InChI is InChI=1S/C26H21NS/c1-16-11-21-22-14-20(9-10-25(22)28-26(21)13-17(16)2)24-12-18(3)23(15-27-24)19-7-5-4-6-8-19/h4-15H,1-3H3. The number of thiophene rings is 1. The van der Waals surface area contributed by atoms with E-state index < -0.39 is 0 Å². The number of pyridine rings is 1. The van der Waals surface area contributed by atoms with Gasteiger partial charge < -0.3 is 0 Å². The zero-order valence-corrected chi connectivity index (χ0v) is 17.1. The van der Waals surface area contributed by atoms with Crippen LogP contribution in [0, 0.1) is 20.8 Å². The molecular formula is C26H21NS. The van der Waals surface area contributed by atoms with Crippen molar-refractivity contribution in [3.8, 4) is 22.4 Å². The van der Waals surface area contributed by atoms with E-state index in [2.05, 4.69) is 81.4 Å². The normalized spacial score (nSPS) is 11.4. The first-order valence-electron chi connectivity index (χ1n) is 9.56. The molecular weight excluding hydrogens is 358 g/mol. The molecule has 0 unspecified atom stereocenters. The van der Waals surface area contributed by atoms with Crippen LogP contribution in [0.1, 0.15) is 16.7 Å². The summed E-state index contributed by atoms with van der Waals surface area (Å²) in [5.41, 5.74) is 8.56. The van der Waals surface area contributed by atoms with Gasteiger partial charge in [-0.15, -0.1) is 11.3 Å². The van der Waals surface area contributed by atoms with Gasteiger partial charge in [0, 0.05) is 37.5 Å². The molecule has 0 amide bonds. The molecule has 0 aliphatic rings. The lowest BCUT2D eigenvalue weighted by Gasteiger charge is -2.09. The third-order valence-electron chi connectivity index (χ3n) is 5.58. The predicted octanol–water partition coefficient (Wildman–Crippen LogP) is 7.71. The van der Waals surface area contributed by atoms with Crippen molar-refractivity contribution in [2.24, 2.45) is 0 Å². The minimum absolute atomic E-state index is 1.03. The molecule has 1 nitrogen and oxygen atoms in total. The van der Waals surface area contributed by atoms with E-state index >= 15 is 0 Å². The maximum absolute atomic E-state index is 4.79. The van der Waals surface area contributed by atoms with Gasteiger partial charge in [-0.2, -0.15) is 0 Å². The summed E-state index contributed by atoms with van der Waals surface area (Å²) < 4.78 is 2.69. The number of rotatable bonds is 2. The molecule has 0 aliphatic heterocycles. The van der Waals surface area contributed by atoms with Crippen LogP contribution in [0.15, 0.2) is 72.9 Å². The van der Waals surface area contributed by atoms with Gasteiger partial charge >= 0.3 is 0 Å². The summed E-state index contributed by atoms with van der Waals surface area (Å²) in [6.45, 7) is 6.54. The van der Waals surface area contributed by atoms with E-state index in [1.54, 1.807) is 0 Å². The fraction of sp³-hybridized carbons (Fsp3) is 0.115. The Labute approximate surface area is 169 Å². The molecule has 0 aliphatic carbocycles. The zero-order chi connectivity index (χ0) is 19.3.